The van der Waals surface area contributed by atoms with E-state index in [0.29, 0.717) is 22.7 Å². The molecule has 0 aliphatic rings. The molecule has 0 aliphatic heterocycles. The molecule has 0 heterocycles. The molecule has 4 heteroatoms. The first-order valence-electron chi connectivity index (χ1n) is 6.74. The lowest BCUT2D eigenvalue weighted by Crippen LogP contribution is -2.06. The third kappa shape index (κ3) is 3.90. The summed E-state index contributed by atoms with van der Waals surface area (Å²) in [5.41, 5.74) is 7.71. The van der Waals surface area contributed by atoms with E-state index in [1.807, 2.05) is 39.0 Å². The van der Waals surface area contributed by atoms with Gasteiger partial charge in [0.05, 0.1) is 17.7 Å². The van der Waals surface area contributed by atoms with E-state index in [-0.39, 0.29) is 6.10 Å². The number of hydrogen-bond acceptors (Lipinski definition) is 4. The van der Waals surface area contributed by atoms with Gasteiger partial charge in [0, 0.05) is 11.8 Å². The summed E-state index contributed by atoms with van der Waals surface area (Å²) < 4.78 is 11.4. The summed E-state index contributed by atoms with van der Waals surface area (Å²) in [6, 6.07) is 12.6. The molecule has 0 bridgehead atoms. The van der Waals surface area contributed by atoms with E-state index in [4.69, 9.17) is 20.5 Å². The maximum absolute atomic E-state index is 8.94. The van der Waals surface area contributed by atoms with Gasteiger partial charge in [-0.1, -0.05) is 0 Å². The van der Waals surface area contributed by atoms with Crippen molar-refractivity contribution in [1.29, 1.82) is 5.26 Å². The number of hydrogen-bond donors (Lipinski definition) is 1. The standard InChI is InChI=1S/C17H18N2O2/c1-11(2)20-17-5-4-15(6-12(17)3)21-16-8-13(10-18)7-14(19)9-16/h4-9,11H,19H2,1-3H3. The van der Waals surface area contributed by atoms with Crippen LogP contribution >= 0.6 is 0 Å². The van der Waals surface area contributed by atoms with Crippen molar-refractivity contribution in [1.82, 2.24) is 0 Å². The smallest absolute Gasteiger partial charge is 0.130 e. The van der Waals surface area contributed by atoms with Crippen LogP contribution in [0.15, 0.2) is 36.4 Å². The highest BCUT2D eigenvalue weighted by atomic mass is 16.5. The average molecular weight is 282 g/mol. The van der Waals surface area contributed by atoms with Crippen molar-refractivity contribution in [3.05, 3.63) is 47.5 Å². The van der Waals surface area contributed by atoms with Gasteiger partial charge in [0.15, 0.2) is 0 Å². The van der Waals surface area contributed by atoms with Crippen LogP contribution in [0.2, 0.25) is 0 Å². The molecule has 0 spiro atoms. The van der Waals surface area contributed by atoms with Crippen LogP contribution in [0, 0.1) is 18.3 Å². The molecule has 0 fully saturated rings. The van der Waals surface area contributed by atoms with Crippen molar-refractivity contribution in [2.24, 2.45) is 0 Å². The zero-order valence-electron chi connectivity index (χ0n) is 12.4. The fourth-order valence-electron chi connectivity index (χ4n) is 1.95. The molecular weight excluding hydrogens is 264 g/mol. The van der Waals surface area contributed by atoms with Gasteiger partial charge >= 0.3 is 0 Å². The Balaban J connectivity index is 2.22. The van der Waals surface area contributed by atoms with Crippen LogP contribution in [-0.4, -0.2) is 6.10 Å². The van der Waals surface area contributed by atoms with E-state index in [1.165, 1.54) is 0 Å². The van der Waals surface area contributed by atoms with Crippen molar-refractivity contribution in [3.63, 3.8) is 0 Å². The van der Waals surface area contributed by atoms with Crippen molar-refractivity contribution in [2.45, 2.75) is 26.9 Å². The van der Waals surface area contributed by atoms with Crippen molar-refractivity contribution >= 4 is 5.69 Å². The summed E-state index contributed by atoms with van der Waals surface area (Å²) in [4.78, 5) is 0. The second-order valence-electron chi connectivity index (χ2n) is 5.10. The van der Waals surface area contributed by atoms with Crippen LogP contribution in [-0.2, 0) is 0 Å². The SMILES string of the molecule is Cc1cc(Oc2cc(N)cc(C#N)c2)ccc1OC(C)C. The maximum atomic E-state index is 8.94. The first-order valence-corrected chi connectivity index (χ1v) is 6.74. The normalized spacial score (nSPS) is 10.2. The lowest BCUT2D eigenvalue weighted by atomic mass is 10.2. The highest BCUT2D eigenvalue weighted by Crippen LogP contribution is 2.29. The summed E-state index contributed by atoms with van der Waals surface area (Å²) in [7, 11) is 0. The van der Waals surface area contributed by atoms with E-state index < -0.39 is 0 Å². The molecule has 0 radical (unpaired) electrons. The predicted molar refractivity (Wildman–Crippen MR) is 82.6 cm³/mol. The average Bonchev–Trinajstić information content (AvgIpc) is 2.41. The molecule has 0 atom stereocenters. The quantitative estimate of drug-likeness (QED) is 0.860. The molecule has 2 aromatic rings. The Morgan fingerprint density at radius 3 is 2.48 bits per heavy atom. The molecule has 2 rings (SSSR count). The first kappa shape index (κ1) is 14.7. The van der Waals surface area contributed by atoms with Crippen LogP contribution in [0.4, 0.5) is 5.69 Å². The summed E-state index contributed by atoms with van der Waals surface area (Å²) >= 11 is 0. The Kier molecular flexibility index (Phi) is 4.34. The van der Waals surface area contributed by atoms with Gasteiger partial charge in [0.2, 0.25) is 0 Å². The van der Waals surface area contributed by atoms with Crippen LogP contribution in [0.1, 0.15) is 25.0 Å². The summed E-state index contributed by atoms with van der Waals surface area (Å²) in [6.45, 7) is 5.94. The molecule has 0 aromatic heterocycles. The molecule has 21 heavy (non-hydrogen) atoms. The molecular formula is C17H18N2O2. The molecule has 0 aliphatic carbocycles. The minimum atomic E-state index is 0.127. The molecule has 2 aromatic carbocycles. The number of benzene rings is 2. The van der Waals surface area contributed by atoms with E-state index in [1.54, 1.807) is 18.2 Å². The molecule has 0 unspecified atom stereocenters. The number of nitrogens with two attached hydrogens (primary N) is 1. The van der Waals surface area contributed by atoms with Gasteiger partial charge < -0.3 is 15.2 Å². The minimum absolute atomic E-state index is 0.127. The molecule has 0 saturated heterocycles. The fraction of sp³-hybridized carbons (Fsp3) is 0.235. The maximum Gasteiger partial charge on any atom is 0.130 e. The van der Waals surface area contributed by atoms with Gasteiger partial charge in [-0.25, -0.2) is 0 Å². The molecule has 4 nitrogen and oxygen atoms in total. The Bertz CT molecular complexity index is 688. The highest BCUT2D eigenvalue weighted by Gasteiger charge is 2.06. The van der Waals surface area contributed by atoms with Gasteiger partial charge in [-0.15, -0.1) is 0 Å². The molecule has 108 valence electrons. The monoisotopic (exact) mass is 282 g/mol. The summed E-state index contributed by atoms with van der Waals surface area (Å²) in [5.74, 6) is 2.06. The Hall–Kier alpha value is -2.67. The fourth-order valence-corrected chi connectivity index (χ4v) is 1.95. The van der Waals surface area contributed by atoms with Crippen LogP contribution in [0.5, 0.6) is 17.2 Å². The number of ether oxygens (including phenoxy) is 2. The van der Waals surface area contributed by atoms with Gasteiger partial charge in [-0.3, -0.25) is 0 Å². The number of nitrogens with zero attached hydrogens (tertiary/aromatic N) is 1. The number of anilines is 1. The van der Waals surface area contributed by atoms with Gasteiger partial charge in [0.1, 0.15) is 17.2 Å². The lowest BCUT2D eigenvalue weighted by molar-refractivity contribution is 0.240. The Morgan fingerprint density at radius 2 is 1.86 bits per heavy atom. The van der Waals surface area contributed by atoms with Gasteiger partial charge in [-0.2, -0.15) is 5.26 Å². The van der Waals surface area contributed by atoms with Crippen molar-refractivity contribution in [2.75, 3.05) is 5.73 Å². The number of nitriles is 1. The predicted octanol–water partition coefficient (Wildman–Crippen LogP) is 4.03. The van der Waals surface area contributed by atoms with Gasteiger partial charge in [-0.05, 0) is 56.7 Å². The number of aryl methyl sites for hydroxylation is 1. The van der Waals surface area contributed by atoms with E-state index in [2.05, 4.69) is 6.07 Å². The van der Waals surface area contributed by atoms with E-state index in [0.717, 1.165) is 11.3 Å². The zero-order chi connectivity index (χ0) is 15.4. The first-order chi connectivity index (χ1) is 9.97. The topological polar surface area (TPSA) is 68.3 Å². The highest BCUT2D eigenvalue weighted by molar-refractivity contribution is 5.52. The minimum Gasteiger partial charge on any atom is -0.491 e. The second-order valence-corrected chi connectivity index (χ2v) is 5.10. The molecule has 0 saturated carbocycles. The van der Waals surface area contributed by atoms with Crippen LogP contribution in [0.3, 0.4) is 0 Å². The molecule has 2 N–H and O–H groups in total. The van der Waals surface area contributed by atoms with Crippen LogP contribution < -0.4 is 15.2 Å². The summed E-state index contributed by atoms with van der Waals surface area (Å²) in [6.07, 6.45) is 0.127. The van der Waals surface area contributed by atoms with Gasteiger partial charge in [0.25, 0.3) is 0 Å². The molecule has 0 amide bonds. The Morgan fingerprint density at radius 1 is 1.10 bits per heavy atom. The summed E-state index contributed by atoms with van der Waals surface area (Å²) in [5, 5.41) is 8.94. The Labute approximate surface area is 124 Å². The van der Waals surface area contributed by atoms with E-state index in [9.17, 15) is 0 Å². The third-order valence-corrected chi connectivity index (χ3v) is 2.80. The van der Waals surface area contributed by atoms with Crippen molar-refractivity contribution in [3.8, 4) is 23.3 Å². The van der Waals surface area contributed by atoms with E-state index >= 15 is 0 Å². The largest absolute Gasteiger partial charge is 0.491 e. The van der Waals surface area contributed by atoms with Crippen molar-refractivity contribution < 1.29 is 9.47 Å². The third-order valence-electron chi connectivity index (χ3n) is 2.80. The second kappa shape index (κ2) is 6.19. The van der Waals surface area contributed by atoms with Crippen LogP contribution in [0.25, 0.3) is 0 Å². The number of nitrogen functional groups attached to an aromatic ring is 1. The zero-order valence-corrected chi connectivity index (χ0v) is 12.4. The number of rotatable bonds is 4. The lowest BCUT2D eigenvalue weighted by Gasteiger charge is -2.14.